The molecule has 2 rings (SSSR count). The maximum atomic E-state index is 11.6. The first kappa shape index (κ1) is 10.9. The third kappa shape index (κ3) is 1.74. The van der Waals surface area contributed by atoms with Crippen LogP contribution in [0.15, 0.2) is 24.3 Å². The number of carbonyl (C=O) groups is 1. The lowest BCUT2D eigenvalue weighted by molar-refractivity contribution is 0.102. The Balaban J connectivity index is 2.79. The molecule has 0 aliphatic carbocycles. The normalized spacial score (nSPS) is 10.6. The maximum Gasteiger partial charge on any atom is 0.178 e. The van der Waals surface area contributed by atoms with Crippen molar-refractivity contribution in [2.75, 3.05) is 5.88 Å². The van der Waals surface area contributed by atoms with Gasteiger partial charge >= 0.3 is 0 Å². The van der Waals surface area contributed by atoms with Crippen LogP contribution in [0.5, 0.6) is 5.75 Å². The number of carbonyl (C=O) groups excluding carboxylic acids is 1. The number of nitrogens with zero attached hydrogens (tertiary/aromatic N) is 1. The number of benzene rings is 1. The number of halogens is 1. The van der Waals surface area contributed by atoms with Gasteiger partial charge < -0.3 is 5.11 Å². The number of hydrogen-bond donors (Lipinski definition) is 1. The zero-order valence-electron chi connectivity index (χ0n) is 8.70. The lowest BCUT2D eigenvalue weighted by Gasteiger charge is -2.06. The van der Waals surface area contributed by atoms with Crippen LogP contribution in [0.25, 0.3) is 10.9 Å². The van der Waals surface area contributed by atoms with Crippen molar-refractivity contribution < 1.29 is 9.90 Å². The van der Waals surface area contributed by atoms with E-state index >= 15 is 0 Å². The molecule has 0 radical (unpaired) electrons. The Kier molecular flexibility index (Phi) is 2.79. The van der Waals surface area contributed by atoms with Crippen LogP contribution in [-0.4, -0.2) is 21.8 Å². The van der Waals surface area contributed by atoms with Crippen LogP contribution in [0.3, 0.4) is 0 Å². The average Bonchev–Trinajstić information content (AvgIpc) is 2.29. The Hall–Kier alpha value is -1.61. The highest BCUT2D eigenvalue weighted by atomic mass is 35.5. The third-order valence-corrected chi connectivity index (χ3v) is 2.64. The Morgan fingerprint density at radius 1 is 1.38 bits per heavy atom. The van der Waals surface area contributed by atoms with Gasteiger partial charge in [-0.2, -0.15) is 0 Å². The minimum Gasteiger partial charge on any atom is -0.506 e. The third-order valence-electron chi connectivity index (χ3n) is 2.40. The molecule has 1 heterocycles. The molecule has 4 heteroatoms. The number of pyridine rings is 1. The van der Waals surface area contributed by atoms with Crippen molar-refractivity contribution in [1.29, 1.82) is 0 Å². The number of aromatic hydroxyl groups is 1. The Labute approximate surface area is 97.7 Å². The summed E-state index contributed by atoms with van der Waals surface area (Å²) >= 11 is 5.53. The van der Waals surface area contributed by atoms with E-state index in [1.54, 1.807) is 18.2 Å². The van der Waals surface area contributed by atoms with E-state index in [0.29, 0.717) is 16.5 Å². The second-order valence-corrected chi connectivity index (χ2v) is 3.81. The second kappa shape index (κ2) is 4.10. The summed E-state index contributed by atoms with van der Waals surface area (Å²) < 4.78 is 0. The maximum absolute atomic E-state index is 11.6. The van der Waals surface area contributed by atoms with Crippen molar-refractivity contribution in [1.82, 2.24) is 4.98 Å². The van der Waals surface area contributed by atoms with E-state index in [2.05, 4.69) is 4.98 Å². The standard InChI is InChI=1S/C12H10ClNO2/c1-7-2-3-9-8(11(16)6-13)4-5-10(15)12(9)14-7/h2-5,15H,6H2,1H3. The summed E-state index contributed by atoms with van der Waals surface area (Å²) in [5.41, 5.74) is 1.73. The number of aryl methyl sites for hydroxylation is 1. The van der Waals surface area contributed by atoms with Gasteiger partial charge in [0.1, 0.15) is 11.3 Å². The molecule has 1 N–H and O–H groups in total. The summed E-state index contributed by atoms with van der Waals surface area (Å²) in [5.74, 6) is -0.171. The molecule has 0 bridgehead atoms. The van der Waals surface area contributed by atoms with E-state index in [1.807, 2.05) is 6.92 Å². The second-order valence-electron chi connectivity index (χ2n) is 3.54. The molecule has 0 saturated carbocycles. The average molecular weight is 236 g/mol. The van der Waals surface area contributed by atoms with E-state index < -0.39 is 0 Å². The Bertz CT molecular complexity index is 566. The number of phenols is 1. The first-order valence-corrected chi connectivity index (χ1v) is 5.35. The summed E-state index contributed by atoms with van der Waals surface area (Å²) in [6, 6.07) is 6.61. The molecular weight excluding hydrogens is 226 g/mol. The van der Waals surface area contributed by atoms with Crippen LogP contribution in [0.2, 0.25) is 0 Å². The summed E-state index contributed by atoms with van der Waals surface area (Å²) in [4.78, 5) is 15.8. The van der Waals surface area contributed by atoms with Gasteiger partial charge in [0.25, 0.3) is 0 Å². The predicted molar refractivity (Wildman–Crippen MR) is 63.2 cm³/mol. The number of ketones is 1. The van der Waals surface area contributed by atoms with Gasteiger partial charge in [0.15, 0.2) is 5.78 Å². The largest absolute Gasteiger partial charge is 0.506 e. The van der Waals surface area contributed by atoms with E-state index in [0.717, 1.165) is 5.69 Å². The van der Waals surface area contributed by atoms with Crippen LogP contribution < -0.4 is 0 Å². The van der Waals surface area contributed by atoms with Gasteiger partial charge in [-0.3, -0.25) is 4.79 Å². The Morgan fingerprint density at radius 2 is 2.12 bits per heavy atom. The molecule has 0 fully saturated rings. The van der Waals surface area contributed by atoms with Gasteiger partial charge in [-0.05, 0) is 25.1 Å². The number of phenolic OH excluding ortho intramolecular Hbond substituents is 1. The fourth-order valence-electron chi connectivity index (χ4n) is 1.62. The highest BCUT2D eigenvalue weighted by Crippen LogP contribution is 2.26. The van der Waals surface area contributed by atoms with Crippen molar-refractivity contribution in [3.63, 3.8) is 0 Å². The van der Waals surface area contributed by atoms with Crippen molar-refractivity contribution in [2.24, 2.45) is 0 Å². The zero-order chi connectivity index (χ0) is 11.7. The fourth-order valence-corrected chi connectivity index (χ4v) is 1.76. The molecular formula is C12H10ClNO2. The molecule has 1 aromatic carbocycles. The lowest BCUT2D eigenvalue weighted by atomic mass is 10.0. The van der Waals surface area contributed by atoms with Gasteiger partial charge in [-0.25, -0.2) is 4.98 Å². The van der Waals surface area contributed by atoms with Crippen LogP contribution in [0.4, 0.5) is 0 Å². The molecule has 0 unspecified atom stereocenters. The topological polar surface area (TPSA) is 50.2 Å². The number of aromatic nitrogens is 1. The van der Waals surface area contributed by atoms with Crippen molar-refractivity contribution in [3.8, 4) is 5.75 Å². The first-order valence-electron chi connectivity index (χ1n) is 4.82. The van der Waals surface area contributed by atoms with Gasteiger partial charge in [0.05, 0.1) is 5.88 Å². The molecule has 0 spiro atoms. The predicted octanol–water partition coefficient (Wildman–Crippen LogP) is 2.67. The molecule has 82 valence electrons. The number of rotatable bonds is 2. The molecule has 0 aliphatic rings. The van der Waals surface area contributed by atoms with Gasteiger partial charge in [-0.1, -0.05) is 6.07 Å². The molecule has 0 amide bonds. The van der Waals surface area contributed by atoms with Crippen molar-refractivity contribution in [2.45, 2.75) is 6.92 Å². The van der Waals surface area contributed by atoms with E-state index in [4.69, 9.17) is 11.6 Å². The van der Waals surface area contributed by atoms with Crippen molar-refractivity contribution >= 4 is 28.3 Å². The van der Waals surface area contributed by atoms with E-state index in [-0.39, 0.29) is 17.4 Å². The van der Waals surface area contributed by atoms with Crippen LogP contribution >= 0.6 is 11.6 Å². The van der Waals surface area contributed by atoms with Crippen LogP contribution in [0.1, 0.15) is 16.1 Å². The van der Waals surface area contributed by atoms with Gasteiger partial charge in [0.2, 0.25) is 0 Å². The Morgan fingerprint density at radius 3 is 2.81 bits per heavy atom. The quantitative estimate of drug-likeness (QED) is 0.643. The lowest BCUT2D eigenvalue weighted by Crippen LogP contribution is -2.01. The van der Waals surface area contributed by atoms with Crippen LogP contribution in [-0.2, 0) is 0 Å². The number of alkyl halides is 1. The minimum absolute atomic E-state index is 0.0739. The molecule has 3 nitrogen and oxygen atoms in total. The van der Waals surface area contributed by atoms with E-state index in [9.17, 15) is 9.90 Å². The molecule has 0 atom stereocenters. The number of fused-ring (bicyclic) bond motifs is 1. The number of hydrogen-bond acceptors (Lipinski definition) is 3. The molecule has 2 aromatic rings. The fraction of sp³-hybridized carbons (Fsp3) is 0.167. The van der Waals surface area contributed by atoms with Crippen LogP contribution in [0, 0.1) is 6.92 Å². The van der Waals surface area contributed by atoms with E-state index in [1.165, 1.54) is 6.07 Å². The first-order chi connectivity index (χ1) is 7.63. The highest BCUT2D eigenvalue weighted by molar-refractivity contribution is 6.32. The van der Waals surface area contributed by atoms with Gasteiger partial charge in [0, 0.05) is 16.6 Å². The minimum atomic E-state index is -0.169. The summed E-state index contributed by atoms with van der Waals surface area (Å²) in [6.07, 6.45) is 0. The molecule has 16 heavy (non-hydrogen) atoms. The van der Waals surface area contributed by atoms with Crippen molar-refractivity contribution in [3.05, 3.63) is 35.5 Å². The molecule has 0 aliphatic heterocycles. The number of Topliss-reactive ketones (excluding diaryl/α,β-unsaturated/α-hetero) is 1. The van der Waals surface area contributed by atoms with Gasteiger partial charge in [-0.15, -0.1) is 11.6 Å². The summed E-state index contributed by atoms with van der Waals surface area (Å²) in [7, 11) is 0. The molecule has 0 saturated heterocycles. The highest BCUT2D eigenvalue weighted by Gasteiger charge is 2.12. The zero-order valence-corrected chi connectivity index (χ0v) is 9.45. The molecule has 1 aromatic heterocycles. The smallest absolute Gasteiger partial charge is 0.178 e. The SMILES string of the molecule is Cc1ccc2c(C(=O)CCl)ccc(O)c2n1. The monoisotopic (exact) mass is 235 g/mol. The summed E-state index contributed by atoms with van der Waals surface area (Å²) in [5, 5.41) is 10.3. The summed E-state index contributed by atoms with van der Waals surface area (Å²) in [6.45, 7) is 1.83.